The summed E-state index contributed by atoms with van der Waals surface area (Å²) >= 11 is 0. The van der Waals surface area contributed by atoms with Crippen LogP contribution in [0.1, 0.15) is 36.0 Å². The topological polar surface area (TPSA) is 102 Å². The summed E-state index contributed by atoms with van der Waals surface area (Å²) < 4.78 is 4.11. The number of hydrogen-bond donors (Lipinski definition) is 1. The average molecular weight is 458 g/mol. The van der Waals surface area contributed by atoms with Crippen molar-refractivity contribution in [1.29, 1.82) is 0 Å². The number of carboxylic acid groups (broad SMARTS) is 1. The van der Waals surface area contributed by atoms with Gasteiger partial charge in [-0.15, -0.1) is 0 Å². The largest absolute Gasteiger partial charge is 0.483 e. The molecule has 2 aliphatic rings. The molecule has 0 atom stereocenters. The maximum absolute atomic E-state index is 8.36. The number of para-hydroxylation sites is 1. The summed E-state index contributed by atoms with van der Waals surface area (Å²) in [5, 5.41) is 16.6. The van der Waals surface area contributed by atoms with Gasteiger partial charge >= 0.3 is 0 Å². The lowest BCUT2D eigenvalue weighted by Crippen LogP contribution is -2.26. The molecule has 4 aromatic rings. The molecule has 1 N–H and O–H groups in total. The minimum atomic E-state index is -0.250. The summed E-state index contributed by atoms with van der Waals surface area (Å²) in [6, 6.07) is 14.3. The van der Waals surface area contributed by atoms with E-state index in [1.165, 1.54) is 18.4 Å². The summed E-state index contributed by atoms with van der Waals surface area (Å²) in [5.74, 6) is 2.81. The van der Waals surface area contributed by atoms with Gasteiger partial charge in [-0.05, 0) is 37.1 Å². The second-order valence-corrected chi connectivity index (χ2v) is 8.53. The molecule has 1 aromatic carbocycles. The molecule has 1 aliphatic heterocycles. The molecule has 0 amide bonds. The SMILES string of the molecule is O=CO.c1ccc(-n2cc(CN3CCc4nc(C5CC5)nn4CC3)c(-c3ccncc3)n2)cc1. The van der Waals surface area contributed by atoms with Crippen molar-refractivity contribution in [1.82, 2.24) is 34.4 Å². The average Bonchev–Trinajstić information content (AvgIpc) is 3.56. The third-order valence-electron chi connectivity index (χ3n) is 6.15. The standard InChI is InChI=1S/C24H25N7.CH2O2/c1-2-4-21(5-3-1)31-17-20(23(27-31)18-8-11-25-12-9-18)16-29-13-10-22-26-24(19-6-7-19)28-30(22)15-14-29;2-1-3/h1-5,8-9,11-12,17,19H,6-7,10,13-16H2;1H,(H,2,3). The van der Waals surface area contributed by atoms with Crippen LogP contribution in [0.25, 0.3) is 16.9 Å². The molecule has 0 saturated heterocycles. The van der Waals surface area contributed by atoms with Gasteiger partial charge in [-0.1, -0.05) is 18.2 Å². The van der Waals surface area contributed by atoms with E-state index < -0.39 is 0 Å². The second kappa shape index (κ2) is 9.96. The molecule has 4 heterocycles. The zero-order valence-corrected chi connectivity index (χ0v) is 18.9. The lowest BCUT2D eigenvalue weighted by molar-refractivity contribution is -0.122. The van der Waals surface area contributed by atoms with Crippen molar-refractivity contribution < 1.29 is 9.90 Å². The van der Waals surface area contributed by atoms with Gasteiger partial charge in [0, 0.05) is 61.7 Å². The van der Waals surface area contributed by atoms with E-state index in [9.17, 15) is 0 Å². The van der Waals surface area contributed by atoms with Crippen LogP contribution in [-0.2, 0) is 24.3 Å². The maximum Gasteiger partial charge on any atom is 0.290 e. The normalized spacial score (nSPS) is 15.6. The number of fused-ring (bicyclic) bond motifs is 1. The number of pyridine rings is 1. The van der Waals surface area contributed by atoms with E-state index in [1.807, 2.05) is 47.4 Å². The third kappa shape index (κ3) is 4.89. The highest BCUT2D eigenvalue weighted by molar-refractivity contribution is 5.62. The monoisotopic (exact) mass is 457 g/mol. The quantitative estimate of drug-likeness (QED) is 0.459. The molecule has 9 nitrogen and oxygen atoms in total. The maximum atomic E-state index is 8.36. The van der Waals surface area contributed by atoms with Crippen LogP contribution in [0.15, 0.2) is 61.1 Å². The van der Waals surface area contributed by atoms with Crippen molar-refractivity contribution in [2.45, 2.75) is 38.3 Å². The van der Waals surface area contributed by atoms with Crippen LogP contribution in [0.5, 0.6) is 0 Å². The molecule has 34 heavy (non-hydrogen) atoms. The van der Waals surface area contributed by atoms with Crippen LogP contribution in [0.4, 0.5) is 0 Å². The molecular weight excluding hydrogens is 430 g/mol. The Labute approximate surface area is 197 Å². The predicted molar refractivity (Wildman–Crippen MR) is 126 cm³/mol. The van der Waals surface area contributed by atoms with Crippen molar-refractivity contribution in [3.63, 3.8) is 0 Å². The first-order valence-electron chi connectivity index (χ1n) is 11.5. The molecule has 1 saturated carbocycles. The molecule has 6 rings (SSSR count). The van der Waals surface area contributed by atoms with Crippen LogP contribution in [0.3, 0.4) is 0 Å². The molecule has 3 aromatic heterocycles. The van der Waals surface area contributed by atoms with Gasteiger partial charge in [0.2, 0.25) is 0 Å². The Balaban J connectivity index is 0.000000764. The number of rotatable bonds is 5. The van der Waals surface area contributed by atoms with E-state index in [0.29, 0.717) is 5.92 Å². The summed E-state index contributed by atoms with van der Waals surface area (Å²) in [5.41, 5.74) is 4.40. The van der Waals surface area contributed by atoms with Gasteiger partial charge in [-0.25, -0.2) is 14.3 Å². The molecular formula is C25H27N7O2. The van der Waals surface area contributed by atoms with Gasteiger partial charge in [-0.3, -0.25) is 14.7 Å². The Kier molecular flexibility index (Phi) is 6.44. The van der Waals surface area contributed by atoms with Crippen molar-refractivity contribution in [2.75, 3.05) is 13.1 Å². The highest BCUT2D eigenvalue weighted by Gasteiger charge is 2.29. The van der Waals surface area contributed by atoms with E-state index in [2.05, 4.69) is 32.9 Å². The van der Waals surface area contributed by atoms with E-state index in [1.54, 1.807) is 0 Å². The number of nitrogens with zero attached hydrogens (tertiary/aromatic N) is 7. The number of hydrogen-bond acceptors (Lipinski definition) is 6. The first kappa shape index (κ1) is 22.0. The van der Waals surface area contributed by atoms with Gasteiger partial charge in [0.15, 0.2) is 5.82 Å². The Morgan fingerprint density at radius 1 is 1.00 bits per heavy atom. The summed E-state index contributed by atoms with van der Waals surface area (Å²) in [7, 11) is 0. The van der Waals surface area contributed by atoms with Gasteiger partial charge < -0.3 is 5.11 Å². The summed E-state index contributed by atoms with van der Waals surface area (Å²) in [6.07, 6.45) is 9.26. The minimum absolute atomic E-state index is 0.250. The minimum Gasteiger partial charge on any atom is -0.483 e. The van der Waals surface area contributed by atoms with Crippen LogP contribution in [-0.4, -0.2) is 59.1 Å². The van der Waals surface area contributed by atoms with E-state index in [-0.39, 0.29) is 6.47 Å². The highest BCUT2D eigenvalue weighted by Crippen LogP contribution is 2.38. The molecule has 174 valence electrons. The molecule has 0 bridgehead atoms. The molecule has 0 unspecified atom stereocenters. The third-order valence-corrected chi connectivity index (χ3v) is 6.15. The molecule has 9 heteroatoms. The van der Waals surface area contributed by atoms with Crippen LogP contribution >= 0.6 is 0 Å². The highest BCUT2D eigenvalue weighted by atomic mass is 16.3. The summed E-state index contributed by atoms with van der Waals surface area (Å²) in [6.45, 7) is 3.44. The number of aromatic nitrogens is 6. The Morgan fingerprint density at radius 2 is 1.76 bits per heavy atom. The van der Waals surface area contributed by atoms with Crippen LogP contribution in [0.2, 0.25) is 0 Å². The van der Waals surface area contributed by atoms with Crippen molar-refractivity contribution in [3.05, 3.63) is 78.3 Å². The van der Waals surface area contributed by atoms with Gasteiger partial charge in [0.25, 0.3) is 6.47 Å². The van der Waals surface area contributed by atoms with Gasteiger partial charge in [-0.2, -0.15) is 10.2 Å². The number of benzene rings is 1. The fraction of sp³-hybridized carbons (Fsp3) is 0.320. The Morgan fingerprint density at radius 3 is 2.50 bits per heavy atom. The smallest absolute Gasteiger partial charge is 0.290 e. The van der Waals surface area contributed by atoms with Crippen molar-refractivity contribution in [2.24, 2.45) is 0 Å². The van der Waals surface area contributed by atoms with E-state index in [0.717, 1.165) is 61.2 Å². The fourth-order valence-corrected chi connectivity index (χ4v) is 4.27. The molecule has 0 radical (unpaired) electrons. The first-order chi connectivity index (χ1) is 16.7. The second-order valence-electron chi connectivity index (χ2n) is 8.53. The summed E-state index contributed by atoms with van der Waals surface area (Å²) in [4.78, 5) is 19.8. The Bertz CT molecular complexity index is 1210. The Hall–Kier alpha value is -3.85. The van der Waals surface area contributed by atoms with Crippen LogP contribution in [0, 0.1) is 0 Å². The molecule has 0 spiro atoms. The van der Waals surface area contributed by atoms with Crippen LogP contribution < -0.4 is 0 Å². The lowest BCUT2D eigenvalue weighted by atomic mass is 10.1. The zero-order valence-electron chi connectivity index (χ0n) is 18.9. The molecule has 1 aliphatic carbocycles. The van der Waals surface area contributed by atoms with Gasteiger partial charge in [0.05, 0.1) is 17.9 Å². The van der Waals surface area contributed by atoms with E-state index >= 15 is 0 Å². The van der Waals surface area contributed by atoms with Crippen molar-refractivity contribution >= 4 is 6.47 Å². The number of carbonyl (C=O) groups is 1. The fourth-order valence-electron chi connectivity index (χ4n) is 4.27. The van der Waals surface area contributed by atoms with Crippen molar-refractivity contribution in [3.8, 4) is 16.9 Å². The van der Waals surface area contributed by atoms with Gasteiger partial charge in [0.1, 0.15) is 5.82 Å². The lowest BCUT2D eigenvalue weighted by Gasteiger charge is -2.19. The van der Waals surface area contributed by atoms with E-state index in [4.69, 9.17) is 25.1 Å². The zero-order chi connectivity index (χ0) is 23.3. The molecule has 1 fully saturated rings. The predicted octanol–water partition coefficient (Wildman–Crippen LogP) is 3.16. The first-order valence-corrected chi connectivity index (χ1v) is 11.5.